The molecule has 0 radical (unpaired) electrons. The molecule has 6 heteroatoms. The first-order valence-electron chi connectivity index (χ1n) is 7.79. The number of amides is 1. The number of anilines is 1. The Morgan fingerprint density at radius 3 is 2.96 bits per heavy atom. The SMILES string of the molecule is C=CC[C@H]1N(c2cccc(Cl)c2)C(=O)[C@H]2[C@H](C(=O)O)[C@H]3C=C[C@]21O3. The second-order valence-corrected chi connectivity index (χ2v) is 6.80. The molecule has 1 aromatic carbocycles. The highest BCUT2D eigenvalue weighted by Gasteiger charge is 2.71. The average Bonchev–Trinajstić information content (AvgIpc) is 3.17. The molecule has 1 spiro atoms. The summed E-state index contributed by atoms with van der Waals surface area (Å²) in [7, 11) is 0. The van der Waals surface area contributed by atoms with Crippen molar-refractivity contribution in [3.63, 3.8) is 0 Å². The third kappa shape index (κ3) is 1.85. The molecule has 24 heavy (non-hydrogen) atoms. The van der Waals surface area contributed by atoms with Gasteiger partial charge in [0.2, 0.25) is 5.91 Å². The normalized spacial score (nSPS) is 36.2. The summed E-state index contributed by atoms with van der Waals surface area (Å²) in [6, 6.07) is 6.67. The molecule has 4 rings (SSSR count). The zero-order valence-corrected chi connectivity index (χ0v) is 13.5. The molecule has 1 N–H and O–H groups in total. The summed E-state index contributed by atoms with van der Waals surface area (Å²) in [5.41, 5.74) is -0.269. The van der Waals surface area contributed by atoms with E-state index in [1.54, 1.807) is 41.3 Å². The minimum Gasteiger partial charge on any atom is -0.481 e. The van der Waals surface area contributed by atoms with Crippen molar-refractivity contribution in [1.29, 1.82) is 0 Å². The minimum absolute atomic E-state index is 0.233. The number of carboxylic acids is 1. The molecular weight excluding hydrogens is 330 g/mol. The van der Waals surface area contributed by atoms with Crippen LogP contribution >= 0.6 is 11.6 Å². The number of carbonyl (C=O) groups excluding carboxylic acids is 1. The van der Waals surface area contributed by atoms with E-state index in [9.17, 15) is 14.7 Å². The number of fused-ring (bicyclic) bond motifs is 1. The molecule has 2 fully saturated rings. The number of benzene rings is 1. The second-order valence-electron chi connectivity index (χ2n) is 6.37. The van der Waals surface area contributed by atoms with Crippen molar-refractivity contribution >= 4 is 29.2 Å². The van der Waals surface area contributed by atoms with Gasteiger partial charge in [0.05, 0.1) is 18.1 Å². The van der Waals surface area contributed by atoms with E-state index in [-0.39, 0.29) is 11.9 Å². The van der Waals surface area contributed by atoms with E-state index in [0.29, 0.717) is 17.1 Å². The Kier molecular flexibility index (Phi) is 3.34. The largest absolute Gasteiger partial charge is 0.481 e. The van der Waals surface area contributed by atoms with Crippen LogP contribution in [-0.2, 0) is 14.3 Å². The van der Waals surface area contributed by atoms with Gasteiger partial charge in [-0.1, -0.05) is 35.9 Å². The summed E-state index contributed by atoms with van der Waals surface area (Å²) in [5, 5.41) is 10.1. The number of carbonyl (C=O) groups is 2. The molecule has 3 heterocycles. The highest BCUT2D eigenvalue weighted by molar-refractivity contribution is 6.31. The monoisotopic (exact) mass is 345 g/mol. The fraction of sp³-hybridized carbons (Fsp3) is 0.333. The van der Waals surface area contributed by atoms with Gasteiger partial charge in [-0.25, -0.2) is 0 Å². The van der Waals surface area contributed by atoms with E-state index in [1.807, 2.05) is 6.08 Å². The minimum atomic E-state index is -1.00. The Bertz CT molecular complexity index is 776. The van der Waals surface area contributed by atoms with Gasteiger partial charge < -0.3 is 14.7 Å². The molecule has 3 aliphatic heterocycles. The predicted molar refractivity (Wildman–Crippen MR) is 88.9 cm³/mol. The van der Waals surface area contributed by atoms with Crippen LogP contribution in [0.3, 0.4) is 0 Å². The van der Waals surface area contributed by atoms with Gasteiger partial charge in [0.1, 0.15) is 11.5 Å². The maximum atomic E-state index is 13.2. The van der Waals surface area contributed by atoms with Crippen molar-refractivity contribution in [3.05, 3.63) is 54.1 Å². The second kappa shape index (κ2) is 5.19. The summed E-state index contributed by atoms with van der Waals surface area (Å²) in [6.07, 6.45) is 5.30. The Morgan fingerprint density at radius 2 is 2.29 bits per heavy atom. The first-order chi connectivity index (χ1) is 11.5. The molecule has 2 bridgehead atoms. The molecule has 0 unspecified atom stereocenters. The van der Waals surface area contributed by atoms with Gasteiger partial charge in [-0.3, -0.25) is 9.59 Å². The van der Waals surface area contributed by atoms with Crippen molar-refractivity contribution < 1.29 is 19.4 Å². The Hall–Kier alpha value is -2.11. The van der Waals surface area contributed by atoms with Gasteiger partial charge in [-0.2, -0.15) is 0 Å². The van der Waals surface area contributed by atoms with Gasteiger partial charge in [-0.05, 0) is 24.6 Å². The van der Waals surface area contributed by atoms with E-state index in [2.05, 4.69) is 6.58 Å². The predicted octanol–water partition coefficient (Wildman–Crippen LogP) is 2.66. The van der Waals surface area contributed by atoms with Crippen LogP contribution in [0.5, 0.6) is 0 Å². The molecule has 5 nitrogen and oxygen atoms in total. The van der Waals surface area contributed by atoms with Crippen molar-refractivity contribution in [3.8, 4) is 0 Å². The first kappa shape index (κ1) is 15.4. The molecular formula is C18H16ClNO4. The third-order valence-electron chi connectivity index (χ3n) is 5.18. The van der Waals surface area contributed by atoms with Gasteiger partial charge in [0.25, 0.3) is 0 Å². The summed E-state index contributed by atoms with van der Waals surface area (Å²) in [4.78, 5) is 26.5. The van der Waals surface area contributed by atoms with Crippen molar-refractivity contribution in [2.24, 2.45) is 11.8 Å². The van der Waals surface area contributed by atoms with Crippen LogP contribution in [0, 0.1) is 11.8 Å². The van der Waals surface area contributed by atoms with E-state index < -0.39 is 29.5 Å². The zero-order valence-electron chi connectivity index (χ0n) is 12.8. The molecule has 2 saturated heterocycles. The molecule has 0 aromatic heterocycles. The fourth-order valence-corrected chi connectivity index (χ4v) is 4.50. The van der Waals surface area contributed by atoms with Crippen molar-refractivity contribution in [2.45, 2.75) is 24.2 Å². The zero-order chi connectivity index (χ0) is 17.1. The van der Waals surface area contributed by atoms with Crippen molar-refractivity contribution in [2.75, 3.05) is 4.90 Å². The molecule has 3 aliphatic rings. The number of ether oxygens (including phenoxy) is 1. The van der Waals surface area contributed by atoms with Gasteiger partial charge in [-0.15, -0.1) is 6.58 Å². The summed E-state index contributed by atoms with van der Waals surface area (Å²) in [5.74, 6) is -2.83. The van der Waals surface area contributed by atoms with E-state index in [4.69, 9.17) is 16.3 Å². The standard InChI is InChI=1S/C18H16ClNO4/c1-2-4-13-18-8-7-12(24-18)14(17(22)23)15(18)16(21)20(13)11-6-3-5-10(19)9-11/h2-3,5-9,12-15H,1,4H2,(H,22,23)/t12-,13-,14-,15-,18-/m1/s1. The Labute approximate surface area is 144 Å². The molecule has 1 aromatic rings. The molecule has 0 saturated carbocycles. The first-order valence-corrected chi connectivity index (χ1v) is 8.17. The Balaban J connectivity index is 1.85. The van der Waals surface area contributed by atoms with E-state index >= 15 is 0 Å². The topological polar surface area (TPSA) is 66.8 Å². The molecule has 0 aliphatic carbocycles. The quantitative estimate of drug-likeness (QED) is 0.852. The lowest BCUT2D eigenvalue weighted by Gasteiger charge is -2.32. The maximum Gasteiger partial charge on any atom is 0.310 e. The van der Waals surface area contributed by atoms with Gasteiger partial charge >= 0.3 is 5.97 Å². The maximum absolute atomic E-state index is 13.2. The number of hydrogen-bond donors (Lipinski definition) is 1. The summed E-state index contributed by atoms with van der Waals surface area (Å²) >= 11 is 6.07. The van der Waals surface area contributed by atoms with Crippen LogP contribution in [0.25, 0.3) is 0 Å². The van der Waals surface area contributed by atoms with Crippen LogP contribution in [0.1, 0.15) is 6.42 Å². The lowest BCUT2D eigenvalue weighted by molar-refractivity contribution is -0.146. The smallest absolute Gasteiger partial charge is 0.310 e. The number of aliphatic carboxylic acids is 1. The van der Waals surface area contributed by atoms with Crippen LogP contribution in [-0.4, -0.2) is 34.7 Å². The van der Waals surface area contributed by atoms with Crippen LogP contribution < -0.4 is 4.90 Å². The van der Waals surface area contributed by atoms with E-state index in [1.165, 1.54) is 0 Å². The number of rotatable bonds is 4. The number of nitrogens with zero attached hydrogens (tertiary/aromatic N) is 1. The van der Waals surface area contributed by atoms with Gasteiger partial charge in [0.15, 0.2) is 0 Å². The third-order valence-corrected chi connectivity index (χ3v) is 5.42. The average molecular weight is 346 g/mol. The van der Waals surface area contributed by atoms with Crippen LogP contribution in [0.15, 0.2) is 49.1 Å². The van der Waals surface area contributed by atoms with Crippen LogP contribution in [0.4, 0.5) is 5.69 Å². The highest BCUT2D eigenvalue weighted by atomic mass is 35.5. The lowest BCUT2D eigenvalue weighted by Crippen LogP contribution is -2.45. The van der Waals surface area contributed by atoms with Crippen molar-refractivity contribution in [1.82, 2.24) is 0 Å². The highest BCUT2D eigenvalue weighted by Crippen LogP contribution is 2.56. The summed E-state index contributed by atoms with van der Waals surface area (Å²) < 4.78 is 6.04. The number of halogens is 1. The Morgan fingerprint density at radius 1 is 1.50 bits per heavy atom. The van der Waals surface area contributed by atoms with E-state index in [0.717, 1.165) is 0 Å². The number of carboxylic acid groups (broad SMARTS) is 1. The summed E-state index contributed by atoms with van der Waals surface area (Å²) in [6.45, 7) is 3.78. The van der Waals surface area contributed by atoms with Gasteiger partial charge in [0, 0.05) is 10.7 Å². The molecule has 124 valence electrons. The molecule has 5 atom stereocenters. The molecule has 1 amide bonds. The lowest BCUT2D eigenvalue weighted by atomic mass is 9.74. The number of hydrogen-bond acceptors (Lipinski definition) is 3. The fourth-order valence-electron chi connectivity index (χ4n) is 4.31. The van der Waals surface area contributed by atoms with Crippen LogP contribution in [0.2, 0.25) is 5.02 Å².